The first-order chi connectivity index (χ1) is 13.3. The summed E-state index contributed by atoms with van der Waals surface area (Å²) in [6.45, 7) is 1.39. The average molecular weight is 552 g/mol. The Morgan fingerprint density at radius 1 is 1.34 bits per heavy atom. The maximum atomic E-state index is 12.8. The minimum atomic E-state index is -3.39. The number of para-hydroxylation sites is 1. The Balaban J connectivity index is 0.00000300. The molecule has 29 heavy (non-hydrogen) atoms. The van der Waals surface area contributed by atoms with Crippen molar-refractivity contribution in [2.45, 2.75) is 13.0 Å². The summed E-state index contributed by atoms with van der Waals surface area (Å²) in [5.41, 5.74) is 2.91. The number of fused-ring (bicyclic) bond motifs is 1. The van der Waals surface area contributed by atoms with Gasteiger partial charge in [0, 0.05) is 46.1 Å². The number of aliphatic imine (C=N–C) groups is 1. The van der Waals surface area contributed by atoms with E-state index in [0.29, 0.717) is 24.1 Å². The number of nitrogens with zero attached hydrogens (tertiary/aromatic N) is 4. The van der Waals surface area contributed by atoms with Gasteiger partial charge in [0.25, 0.3) is 0 Å². The van der Waals surface area contributed by atoms with E-state index in [9.17, 15) is 8.42 Å². The van der Waals surface area contributed by atoms with Crippen molar-refractivity contribution < 1.29 is 8.42 Å². The zero-order chi connectivity index (χ0) is 20.3. The number of aryl methyl sites for hydroxylation is 1. The molecule has 1 aromatic heterocycles. The minimum absolute atomic E-state index is 0. The lowest BCUT2D eigenvalue weighted by molar-refractivity contribution is 0.463. The molecule has 2 heterocycles. The highest BCUT2D eigenvalue weighted by atomic mass is 127. The number of anilines is 1. The Morgan fingerprint density at radius 3 is 2.72 bits per heavy atom. The molecule has 7 nitrogen and oxygen atoms in total. The second-order valence-corrected chi connectivity index (χ2v) is 9.31. The molecule has 10 heteroatoms. The van der Waals surface area contributed by atoms with Crippen LogP contribution in [0.25, 0.3) is 0 Å². The van der Waals surface area contributed by atoms with Gasteiger partial charge in [-0.3, -0.25) is 9.30 Å². The summed E-state index contributed by atoms with van der Waals surface area (Å²) < 4.78 is 29.1. The van der Waals surface area contributed by atoms with Crippen molar-refractivity contribution >= 4 is 57.2 Å². The zero-order valence-electron chi connectivity index (χ0n) is 16.8. The Bertz CT molecular complexity index is 977. The number of hydrogen-bond acceptors (Lipinski definition) is 3. The first-order valence-electron chi connectivity index (χ1n) is 9.12. The summed E-state index contributed by atoms with van der Waals surface area (Å²) >= 11 is 6.04. The predicted octanol–water partition coefficient (Wildman–Crippen LogP) is 2.70. The van der Waals surface area contributed by atoms with Crippen LogP contribution in [0.3, 0.4) is 0 Å². The van der Waals surface area contributed by atoms with Crippen molar-refractivity contribution in [2.24, 2.45) is 12.0 Å². The van der Waals surface area contributed by atoms with Crippen LogP contribution in [0, 0.1) is 0 Å². The first kappa shape index (κ1) is 23.8. The summed E-state index contributed by atoms with van der Waals surface area (Å²) in [6.07, 6.45) is 2.61. The molecule has 1 aliphatic heterocycles. The smallest absolute Gasteiger partial charge is 0.236 e. The van der Waals surface area contributed by atoms with Crippen LogP contribution < -0.4 is 9.62 Å². The monoisotopic (exact) mass is 551 g/mol. The topological polar surface area (TPSA) is 69.9 Å². The van der Waals surface area contributed by atoms with Crippen LogP contribution in [0.2, 0.25) is 5.02 Å². The highest BCUT2D eigenvalue weighted by molar-refractivity contribution is 14.0. The van der Waals surface area contributed by atoms with Gasteiger partial charge in [-0.05, 0) is 24.1 Å². The fraction of sp³-hybridized carbons (Fsp3) is 0.421. The van der Waals surface area contributed by atoms with E-state index in [1.807, 2.05) is 60.1 Å². The SMILES string of the molecule is CN=C(NCCS(=O)(=O)N1CCc2ccccc21)N(C)Cc1cc(Cl)cn1C.I. The fourth-order valence-corrected chi connectivity index (χ4v) is 5.12. The lowest BCUT2D eigenvalue weighted by atomic mass is 10.2. The van der Waals surface area contributed by atoms with Crippen LogP contribution >= 0.6 is 35.6 Å². The predicted molar refractivity (Wildman–Crippen MR) is 130 cm³/mol. The molecule has 0 aliphatic carbocycles. The van der Waals surface area contributed by atoms with E-state index in [0.717, 1.165) is 23.4 Å². The second-order valence-electron chi connectivity index (χ2n) is 6.86. The van der Waals surface area contributed by atoms with Crippen LogP contribution in [0.4, 0.5) is 5.69 Å². The fourth-order valence-electron chi connectivity index (χ4n) is 3.42. The van der Waals surface area contributed by atoms with Crippen molar-refractivity contribution in [1.29, 1.82) is 0 Å². The Labute approximate surface area is 194 Å². The number of halogens is 2. The number of sulfonamides is 1. The van der Waals surface area contributed by atoms with E-state index in [2.05, 4.69) is 10.3 Å². The van der Waals surface area contributed by atoms with Crippen molar-refractivity contribution in [3.63, 3.8) is 0 Å². The molecule has 3 rings (SSSR count). The third-order valence-electron chi connectivity index (χ3n) is 4.87. The third-order valence-corrected chi connectivity index (χ3v) is 6.85. The molecule has 160 valence electrons. The molecule has 0 atom stereocenters. The Kier molecular flexibility index (Phi) is 8.24. The first-order valence-corrected chi connectivity index (χ1v) is 11.1. The standard InChI is InChI=1S/C19H26ClN5O2S.HI/c1-21-19(24(3)14-17-12-16(20)13-23(17)2)22-9-11-28(26,27)25-10-8-15-6-4-5-7-18(15)25;/h4-7,12-13H,8-11,14H2,1-3H3,(H,21,22);1H. The molecule has 1 aromatic carbocycles. The molecule has 0 radical (unpaired) electrons. The quantitative estimate of drug-likeness (QED) is 0.341. The van der Waals surface area contributed by atoms with E-state index in [1.165, 1.54) is 4.31 Å². The lowest BCUT2D eigenvalue weighted by Crippen LogP contribution is -2.42. The lowest BCUT2D eigenvalue weighted by Gasteiger charge is -2.23. The van der Waals surface area contributed by atoms with Gasteiger partial charge in [-0.1, -0.05) is 29.8 Å². The van der Waals surface area contributed by atoms with Crippen molar-refractivity contribution in [1.82, 2.24) is 14.8 Å². The molecule has 1 aliphatic rings. The molecule has 0 saturated heterocycles. The molecule has 0 saturated carbocycles. The minimum Gasteiger partial charge on any atom is -0.355 e. The summed E-state index contributed by atoms with van der Waals surface area (Å²) in [5.74, 6) is 0.638. The van der Waals surface area contributed by atoms with Crippen LogP contribution in [-0.4, -0.2) is 56.8 Å². The molecule has 0 bridgehead atoms. The highest BCUT2D eigenvalue weighted by Crippen LogP contribution is 2.29. The molecular formula is C19H27ClIN5O2S. The Morgan fingerprint density at radius 2 is 2.07 bits per heavy atom. The van der Waals surface area contributed by atoms with Crippen LogP contribution in [-0.2, 0) is 30.0 Å². The van der Waals surface area contributed by atoms with Gasteiger partial charge in [0.15, 0.2) is 5.96 Å². The normalized spacial score (nSPS) is 13.8. The number of hydrogen-bond donors (Lipinski definition) is 1. The summed E-state index contributed by atoms with van der Waals surface area (Å²) in [4.78, 5) is 6.19. The maximum absolute atomic E-state index is 12.8. The Hall–Kier alpha value is -1.46. The van der Waals surface area contributed by atoms with E-state index >= 15 is 0 Å². The van der Waals surface area contributed by atoms with Gasteiger partial charge < -0.3 is 14.8 Å². The van der Waals surface area contributed by atoms with Gasteiger partial charge in [0.2, 0.25) is 10.0 Å². The van der Waals surface area contributed by atoms with Crippen LogP contribution in [0.15, 0.2) is 41.5 Å². The molecule has 0 unspecified atom stereocenters. The van der Waals surface area contributed by atoms with Crippen LogP contribution in [0.5, 0.6) is 0 Å². The molecule has 0 amide bonds. The van der Waals surface area contributed by atoms with Gasteiger partial charge >= 0.3 is 0 Å². The molecule has 0 spiro atoms. The average Bonchev–Trinajstić information content (AvgIpc) is 3.22. The highest BCUT2D eigenvalue weighted by Gasteiger charge is 2.28. The van der Waals surface area contributed by atoms with Gasteiger partial charge in [-0.2, -0.15) is 0 Å². The molecule has 1 N–H and O–H groups in total. The number of rotatable bonds is 6. The molecule has 2 aromatic rings. The summed E-state index contributed by atoms with van der Waals surface area (Å²) in [7, 11) is 2.13. The van der Waals surface area contributed by atoms with E-state index in [4.69, 9.17) is 11.6 Å². The second kappa shape index (κ2) is 10.0. The number of nitrogens with one attached hydrogen (secondary N) is 1. The molecular weight excluding hydrogens is 525 g/mol. The third kappa shape index (κ3) is 5.58. The maximum Gasteiger partial charge on any atom is 0.236 e. The largest absolute Gasteiger partial charge is 0.355 e. The van der Waals surface area contributed by atoms with E-state index in [1.54, 1.807) is 7.05 Å². The molecule has 0 fully saturated rings. The number of aromatic nitrogens is 1. The van der Waals surface area contributed by atoms with Gasteiger partial charge in [0.05, 0.1) is 23.0 Å². The number of guanidine groups is 1. The number of benzene rings is 1. The van der Waals surface area contributed by atoms with E-state index < -0.39 is 10.0 Å². The van der Waals surface area contributed by atoms with Gasteiger partial charge in [-0.25, -0.2) is 8.42 Å². The summed E-state index contributed by atoms with van der Waals surface area (Å²) in [6, 6.07) is 9.56. The van der Waals surface area contributed by atoms with Crippen molar-refractivity contribution in [3.05, 3.63) is 52.8 Å². The zero-order valence-corrected chi connectivity index (χ0v) is 20.7. The van der Waals surface area contributed by atoms with Crippen molar-refractivity contribution in [3.8, 4) is 0 Å². The summed E-state index contributed by atoms with van der Waals surface area (Å²) in [5, 5.41) is 3.83. The van der Waals surface area contributed by atoms with Crippen molar-refractivity contribution in [2.75, 3.05) is 37.2 Å². The van der Waals surface area contributed by atoms with Gasteiger partial charge in [-0.15, -0.1) is 24.0 Å². The van der Waals surface area contributed by atoms with E-state index in [-0.39, 0.29) is 36.3 Å². The van der Waals surface area contributed by atoms with Crippen LogP contribution in [0.1, 0.15) is 11.3 Å². The van der Waals surface area contributed by atoms with Gasteiger partial charge in [0.1, 0.15) is 0 Å².